The van der Waals surface area contributed by atoms with Gasteiger partial charge in [-0.05, 0) is 31.0 Å². The summed E-state index contributed by atoms with van der Waals surface area (Å²) in [5.41, 5.74) is 7.83. The molecule has 2 rings (SSSR count). The molecule has 1 aromatic carbocycles. The summed E-state index contributed by atoms with van der Waals surface area (Å²) in [5, 5.41) is 0. The highest BCUT2D eigenvalue weighted by Gasteiger charge is 2.15. The van der Waals surface area contributed by atoms with E-state index in [9.17, 15) is 0 Å². The van der Waals surface area contributed by atoms with Gasteiger partial charge in [0, 0.05) is 36.4 Å². The SMILES string of the molecule is CC1CN(Cc2ccc(N)cc2Br)CCCO1. The number of nitrogens with two attached hydrogens (primary N) is 1. The van der Waals surface area contributed by atoms with Crippen LogP contribution >= 0.6 is 15.9 Å². The minimum absolute atomic E-state index is 0.324. The van der Waals surface area contributed by atoms with Gasteiger partial charge in [-0.1, -0.05) is 22.0 Å². The molecule has 2 N–H and O–H groups in total. The molecule has 1 fully saturated rings. The van der Waals surface area contributed by atoms with Crippen LogP contribution in [0.5, 0.6) is 0 Å². The number of halogens is 1. The first-order valence-electron chi connectivity index (χ1n) is 6.03. The van der Waals surface area contributed by atoms with Crippen molar-refractivity contribution in [1.82, 2.24) is 4.90 Å². The van der Waals surface area contributed by atoms with E-state index >= 15 is 0 Å². The maximum Gasteiger partial charge on any atom is 0.0674 e. The van der Waals surface area contributed by atoms with Gasteiger partial charge in [0.15, 0.2) is 0 Å². The average molecular weight is 299 g/mol. The minimum atomic E-state index is 0.324. The van der Waals surface area contributed by atoms with Crippen molar-refractivity contribution in [3.63, 3.8) is 0 Å². The number of ether oxygens (including phenoxy) is 1. The Morgan fingerprint density at radius 2 is 2.35 bits per heavy atom. The smallest absolute Gasteiger partial charge is 0.0674 e. The molecule has 0 bridgehead atoms. The summed E-state index contributed by atoms with van der Waals surface area (Å²) in [5.74, 6) is 0. The lowest BCUT2D eigenvalue weighted by Gasteiger charge is -2.22. The molecule has 0 amide bonds. The standard InChI is InChI=1S/C13H19BrN2O/c1-10-8-16(5-2-6-17-10)9-11-3-4-12(15)7-13(11)14/h3-4,7,10H,2,5-6,8-9,15H2,1H3. The largest absolute Gasteiger partial charge is 0.399 e. The van der Waals surface area contributed by atoms with Crippen LogP contribution in [0.3, 0.4) is 0 Å². The van der Waals surface area contributed by atoms with E-state index in [2.05, 4.69) is 33.8 Å². The van der Waals surface area contributed by atoms with Crippen molar-refractivity contribution in [2.45, 2.75) is 26.0 Å². The Balaban J connectivity index is 2.03. The molecule has 3 nitrogen and oxygen atoms in total. The Hall–Kier alpha value is -0.580. The summed E-state index contributed by atoms with van der Waals surface area (Å²) >= 11 is 3.57. The predicted octanol–water partition coefficient (Wildman–Crippen LogP) is 2.64. The third-order valence-corrected chi connectivity index (χ3v) is 3.75. The van der Waals surface area contributed by atoms with Crippen molar-refractivity contribution >= 4 is 21.6 Å². The van der Waals surface area contributed by atoms with Crippen molar-refractivity contribution in [3.8, 4) is 0 Å². The lowest BCUT2D eigenvalue weighted by atomic mass is 10.2. The van der Waals surface area contributed by atoms with Crippen LogP contribution in [0.25, 0.3) is 0 Å². The van der Waals surface area contributed by atoms with Gasteiger partial charge < -0.3 is 10.5 Å². The van der Waals surface area contributed by atoms with Gasteiger partial charge in [-0.25, -0.2) is 0 Å². The summed E-state index contributed by atoms with van der Waals surface area (Å²) in [6, 6.07) is 6.01. The maximum absolute atomic E-state index is 5.74. The molecule has 1 atom stereocenters. The molecule has 1 saturated heterocycles. The topological polar surface area (TPSA) is 38.5 Å². The first-order chi connectivity index (χ1) is 8.15. The number of anilines is 1. The van der Waals surface area contributed by atoms with Gasteiger partial charge in [-0.2, -0.15) is 0 Å². The van der Waals surface area contributed by atoms with E-state index in [0.29, 0.717) is 6.10 Å². The van der Waals surface area contributed by atoms with E-state index in [0.717, 1.165) is 42.8 Å². The van der Waals surface area contributed by atoms with E-state index in [-0.39, 0.29) is 0 Å². The molecule has 0 aromatic heterocycles. The third-order valence-electron chi connectivity index (χ3n) is 3.01. The van der Waals surface area contributed by atoms with Crippen LogP contribution < -0.4 is 5.73 Å². The fraction of sp³-hybridized carbons (Fsp3) is 0.538. The molecule has 0 spiro atoms. The van der Waals surface area contributed by atoms with Crippen molar-refractivity contribution in [1.29, 1.82) is 0 Å². The zero-order valence-electron chi connectivity index (χ0n) is 10.2. The van der Waals surface area contributed by atoms with Crippen molar-refractivity contribution in [2.75, 3.05) is 25.4 Å². The summed E-state index contributed by atoms with van der Waals surface area (Å²) in [7, 11) is 0. The Kier molecular flexibility index (Phi) is 4.42. The Morgan fingerprint density at radius 1 is 1.53 bits per heavy atom. The first-order valence-corrected chi connectivity index (χ1v) is 6.82. The van der Waals surface area contributed by atoms with E-state index in [1.54, 1.807) is 0 Å². The zero-order valence-corrected chi connectivity index (χ0v) is 11.7. The van der Waals surface area contributed by atoms with Crippen LogP contribution in [0, 0.1) is 0 Å². The Bertz CT molecular complexity index is 384. The van der Waals surface area contributed by atoms with Gasteiger partial charge in [0.05, 0.1) is 6.10 Å². The fourth-order valence-corrected chi connectivity index (χ4v) is 2.68. The summed E-state index contributed by atoms with van der Waals surface area (Å²) in [6.07, 6.45) is 1.43. The van der Waals surface area contributed by atoms with Gasteiger partial charge in [0.2, 0.25) is 0 Å². The highest BCUT2D eigenvalue weighted by Crippen LogP contribution is 2.22. The number of nitrogen functional groups attached to an aromatic ring is 1. The van der Waals surface area contributed by atoms with Crippen molar-refractivity contribution in [2.24, 2.45) is 0 Å². The van der Waals surface area contributed by atoms with Crippen LogP contribution in [-0.4, -0.2) is 30.7 Å². The molecule has 0 aliphatic carbocycles. The predicted molar refractivity (Wildman–Crippen MR) is 73.9 cm³/mol. The molecule has 0 saturated carbocycles. The van der Waals surface area contributed by atoms with E-state index in [4.69, 9.17) is 10.5 Å². The van der Waals surface area contributed by atoms with Gasteiger partial charge in [0.25, 0.3) is 0 Å². The summed E-state index contributed by atoms with van der Waals surface area (Å²) in [6.45, 7) is 6.06. The van der Waals surface area contributed by atoms with Gasteiger partial charge in [-0.3, -0.25) is 4.90 Å². The second-order valence-electron chi connectivity index (χ2n) is 4.62. The zero-order chi connectivity index (χ0) is 12.3. The van der Waals surface area contributed by atoms with Crippen molar-refractivity contribution < 1.29 is 4.74 Å². The van der Waals surface area contributed by atoms with E-state index in [1.165, 1.54) is 5.56 Å². The second kappa shape index (κ2) is 5.85. The lowest BCUT2D eigenvalue weighted by molar-refractivity contribution is 0.0668. The molecular formula is C13H19BrN2O. The number of hydrogen-bond acceptors (Lipinski definition) is 3. The first kappa shape index (κ1) is 12.9. The average Bonchev–Trinajstić information content (AvgIpc) is 2.47. The molecule has 1 aliphatic rings. The highest BCUT2D eigenvalue weighted by molar-refractivity contribution is 9.10. The summed E-state index contributed by atoms with van der Waals surface area (Å²) < 4.78 is 6.74. The summed E-state index contributed by atoms with van der Waals surface area (Å²) in [4.78, 5) is 2.44. The van der Waals surface area contributed by atoms with Crippen LogP contribution in [0.4, 0.5) is 5.69 Å². The molecule has 1 heterocycles. The van der Waals surface area contributed by atoms with Crippen LogP contribution in [-0.2, 0) is 11.3 Å². The minimum Gasteiger partial charge on any atom is -0.399 e. The molecular weight excluding hydrogens is 280 g/mol. The van der Waals surface area contributed by atoms with E-state index < -0.39 is 0 Å². The third kappa shape index (κ3) is 3.69. The number of nitrogens with zero attached hydrogens (tertiary/aromatic N) is 1. The quantitative estimate of drug-likeness (QED) is 0.853. The molecule has 17 heavy (non-hydrogen) atoms. The monoisotopic (exact) mass is 298 g/mol. The molecule has 0 radical (unpaired) electrons. The Labute approximate surface area is 111 Å². The molecule has 4 heteroatoms. The van der Waals surface area contributed by atoms with Gasteiger partial charge >= 0.3 is 0 Å². The van der Waals surface area contributed by atoms with Crippen LogP contribution in [0.1, 0.15) is 18.9 Å². The van der Waals surface area contributed by atoms with Gasteiger partial charge in [0.1, 0.15) is 0 Å². The highest BCUT2D eigenvalue weighted by atomic mass is 79.9. The van der Waals surface area contributed by atoms with Crippen LogP contribution in [0.15, 0.2) is 22.7 Å². The lowest BCUT2D eigenvalue weighted by Crippen LogP contribution is -2.29. The molecule has 1 aromatic rings. The Morgan fingerprint density at radius 3 is 3.12 bits per heavy atom. The fourth-order valence-electron chi connectivity index (χ4n) is 2.16. The second-order valence-corrected chi connectivity index (χ2v) is 5.48. The number of rotatable bonds is 2. The van der Waals surface area contributed by atoms with Crippen LogP contribution in [0.2, 0.25) is 0 Å². The van der Waals surface area contributed by atoms with Crippen molar-refractivity contribution in [3.05, 3.63) is 28.2 Å². The normalized spacial score (nSPS) is 22.4. The van der Waals surface area contributed by atoms with Gasteiger partial charge in [-0.15, -0.1) is 0 Å². The number of hydrogen-bond donors (Lipinski definition) is 1. The van der Waals surface area contributed by atoms with E-state index in [1.807, 2.05) is 12.1 Å². The molecule has 1 unspecified atom stereocenters. The molecule has 1 aliphatic heterocycles. The molecule has 94 valence electrons. The number of benzene rings is 1. The maximum atomic E-state index is 5.74.